The molecule has 8 heteroatoms. The van der Waals surface area contributed by atoms with Gasteiger partial charge in [0.2, 0.25) is 6.10 Å². The zero-order valence-electron chi connectivity index (χ0n) is 11.2. The summed E-state index contributed by atoms with van der Waals surface area (Å²) >= 11 is 0. The maximum absolute atomic E-state index is 11.7. The van der Waals surface area contributed by atoms with Crippen molar-refractivity contribution in [2.75, 3.05) is 39.4 Å². The summed E-state index contributed by atoms with van der Waals surface area (Å²) < 4.78 is 5.25. The first-order chi connectivity index (χ1) is 9.66. The highest BCUT2D eigenvalue weighted by molar-refractivity contribution is 6.36. The topological polar surface area (TPSA) is 100 Å². The molecular weight excluding hydrogens is 266 g/mol. The van der Waals surface area contributed by atoms with Gasteiger partial charge in [-0.25, -0.2) is 4.79 Å². The largest absolute Gasteiger partial charge is 0.477 e. The van der Waals surface area contributed by atoms with Gasteiger partial charge in [0.05, 0.1) is 13.2 Å². The fourth-order valence-electron chi connectivity index (χ4n) is 2.10. The number of carboxylic acids is 1. The smallest absolute Gasteiger partial charge is 0.353 e. The van der Waals surface area contributed by atoms with Gasteiger partial charge in [0.15, 0.2) is 5.71 Å². The Morgan fingerprint density at radius 3 is 2.80 bits per heavy atom. The van der Waals surface area contributed by atoms with Crippen LogP contribution in [0.1, 0.15) is 12.8 Å². The molecule has 2 rings (SSSR count). The molecule has 0 aromatic rings. The second-order valence-electron chi connectivity index (χ2n) is 4.74. The highest BCUT2D eigenvalue weighted by Crippen LogP contribution is 2.10. The number of amides is 1. The van der Waals surface area contributed by atoms with E-state index >= 15 is 0 Å². The van der Waals surface area contributed by atoms with Crippen molar-refractivity contribution in [3.8, 4) is 0 Å². The van der Waals surface area contributed by atoms with Crippen molar-refractivity contribution < 1.29 is 24.3 Å². The molecule has 112 valence electrons. The summed E-state index contributed by atoms with van der Waals surface area (Å²) in [7, 11) is 0. The Labute approximate surface area is 116 Å². The van der Waals surface area contributed by atoms with Gasteiger partial charge in [-0.05, 0) is 13.0 Å². The van der Waals surface area contributed by atoms with Gasteiger partial charge in [-0.2, -0.15) is 0 Å². The summed E-state index contributed by atoms with van der Waals surface area (Å²) in [5.41, 5.74) is -0.113. The number of morpholine rings is 1. The Morgan fingerprint density at radius 2 is 2.15 bits per heavy atom. The number of rotatable bonds is 6. The molecule has 0 aliphatic carbocycles. The normalized spacial score (nSPS) is 23.0. The second-order valence-corrected chi connectivity index (χ2v) is 4.74. The van der Waals surface area contributed by atoms with Crippen LogP contribution in [0, 0.1) is 0 Å². The SMILES string of the molecule is O=C(O)C1=NOC(C(=O)NCCCN2CCOCC2)C1. The third-order valence-corrected chi connectivity index (χ3v) is 3.26. The van der Waals surface area contributed by atoms with Crippen LogP contribution < -0.4 is 5.32 Å². The first kappa shape index (κ1) is 14.7. The van der Waals surface area contributed by atoms with Gasteiger partial charge in [-0.1, -0.05) is 5.16 Å². The third kappa shape index (κ3) is 4.17. The lowest BCUT2D eigenvalue weighted by atomic mass is 10.1. The molecule has 0 aromatic carbocycles. The highest BCUT2D eigenvalue weighted by atomic mass is 16.6. The summed E-state index contributed by atoms with van der Waals surface area (Å²) in [6, 6.07) is 0. The summed E-state index contributed by atoms with van der Waals surface area (Å²) in [5, 5.41) is 14.8. The molecule has 0 spiro atoms. The Kier molecular flexibility index (Phi) is 5.31. The van der Waals surface area contributed by atoms with Crippen LogP contribution in [0.3, 0.4) is 0 Å². The standard InChI is InChI=1S/C12H19N3O5/c16-11(10-8-9(12(17)18)14-20-10)13-2-1-3-15-4-6-19-7-5-15/h10H,1-8H2,(H,13,16)(H,17,18). The quantitative estimate of drug-likeness (QED) is 0.611. The van der Waals surface area contributed by atoms with Crippen molar-refractivity contribution in [3.05, 3.63) is 0 Å². The number of oxime groups is 1. The van der Waals surface area contributed by atoms with Gasteiger partial charge in [0.1, 0.15) is 0 Å². The van der Waals surface area contributed by atoms with Crippen LogP contribution in [0.25, 0.3) is 0 Å². The summed E-state index contributed by atoms with van der Waals surface area (Å²) in [4.78, 5) is 29.5. The number of nitrogens with zero attached hydrogens (tertiary/aromatic N) is 2. The third-order valence-electron chi connectivity index (χ3n) is 3.26. The van der Waals surface area contributed by atoms with Crippen LogP contribution in [0.2, 0.25) is 0 Å². The lowest BCUT2D eigenvalue weighted by molar-refractivity contribution is -0.131. The Hall–Kier alpha value is -1.67. The van der Waals surface area contributed by atoms with Crippen LogP contribution in [0.4, 0.5) is 0 Å². The number of ether oxygens (including phenoxy) is 1. The zero-order chi connectivity index (χ0) is 14.4. The average molecular weight is 285 g/mol. The molecule has 0 radical (unpaired) electrons. The highest BCUT2D eigenvalue weighted by Gasteiger charge is 2.31. The van der Waals surface area contributed by atoms with Crippen LogP contribution in [0.5, 0.6) is 0 Å². The summed E-state index contributed by atoms with van der Waals surface area (Å²) in [5.74, 6) is -1.46. The number of hydrogen-bond donors (Lipinski definition) is 2. The number of carbonyl (C=O) groups is 2. The molecule has 1 saturated heterocycles. The predicted octanol–water partition coefficient (Wildman–Crippen LogP) is -0.946. The van der Waals surface area contributed by atoms with E-state index < -0.39 is 12.1 Å². The van der Waals surface area contributed by atoms with Gasteiger partial charge in [-0.15, -0.1) is 0 Å². The van der Waals surface area contributed by atoms with Gasteiger partial charge < -0.3 is 20.0 Å². The first-order valence-corrected chi connectivity index (χ1v) is 6.70. The first-order valence-electron chi connectivity index (χ1n) is 6.70. The molecule has 8 nitrogen and oxygen atoms in total. The molecule has 0 bridgehead atoms. The molecule has 20 heavy (non-hydrogen) atoms. The van der Waals surface area contributed by atoms with Crippen molar-refractivity contribution in [1.29, 1.82) is 0 Å². The van der Waals surface area contributed by atoms with E-state index in [1.54, 1.807) is 0 Å². The molecule has 1 amide bonds. The van der Waals surface area contributed by atoms with Crippen molar-refractivity contribution in [2.45, 2.75) is 18.9 Å². The predicted molar refractivity (Wildman–Crippen MR) is 69.4 cm³/mol. The fourth-order valence-corrected chi connectivity index (χ4v) is 2.10. The number of carbonyl (C=O) groups excluding carboxylic acids is 1. The molecule has 1 fully saturated rings. The Morgan fingerprint density at radius 1 is 1.40 bits per heavy atom. The monoisotopic (exact) mass is 285 g/mol. The van der Waals surface area contributed by atoms with E-state index in [0.29, 0.717) is 6.54 Å². The van der Waals surface area contributed by atoms with Crippen molar-refractivity contribution in [2.24, 2.45) is 5.16 Å². The van der Waals surface area contributed by atoms with E-state index in [2.05, 4.69) is 15.4 Å². The summed E-state index contributed by atoms with van der Waals surface area (Å²) in [6.07, 6.45) is 0.0416. The second kappa shape index (κ2) is 7.20. The number of carboxylic acid groups (broad SMARTS) is 1. The minimum atomic E-state index is -1.15. The molecule has 2 heterocycles. The molecule has 0 aromatic heterocycles. The Bertz CT molecular complexity index is 393. The maximum atomic E-state index is 11.7. The average Bonchev–Trinajstić information content (AvgIpc) is 2.94. The van der Waals surface area contributed by atoms with E-state index in [9.17, 15) is 9.59 Å². The van der Waals surface area contributed by atoms with E-state index in [0.717, 1.165) is 39.3 Å². The zero-order valence-corrected chi connectivity index (χ0v) is 11.2. The molecule has 2 aliphatic heterocycles. The van der Waals surface area contributed by atoms with Crippen LogP contribution in [-0.2, 0) is 19.2 Å². The Balaban J connectivity index is 1.58. The van der Waals surface area contributed by atoms with E-state index in [4.69, 9.17) is 14.7 Å². The van der Waals surface area contributed by atoms with E-state index in [1.165, 1.54) is 0 Å². The summed E-state index contributed by atoms with van der Waals surface area (Å²) in [6.45, 7) is 4.82. The van der Waals surface area contributed by atoms with Gasteiger partial charge in [0, 0.05) is 26.1 Å². The van der Waals surface area contributed by atoms with Crippen LogP contribution >= 0.6 is 0 Å². The lowest BCUT2D eigenvalue weighted by Crippen LogP contribution is -2.39. The van der Waals surface area contributed by atoms with Crippen LogP contribution in [-0.4, -0.2) is 73.1 Å². The molecule has 2 aliphatic rings. The molecule has 2 N–H and O–H groups in total. The number of nitrogens with one attached hydrogen (secondary N) is 1. The lowest BCUT2D eigenvalue weighted by Gasteiger charge is -2.26. The fraction of sp³-hybridized carbons (Fsp3) is 0.750. The van der Waals surface area contributed by atoms with E-state index in [-0.39, 0.29) is 18.0 Å². The minimum absolute atomic E-state index is 0.0185. The number of aliphatic carboxylic acids is 1. The van der Waals surface area contributed by atoms with Crippen molar-refractivity contribution >= 4 is 17.6 Å². The minimum Gasteiger partial charge on any atom is -0.477 e. The number of hydrogen-bond acceptors (Lipinski definition) is 6. The van der Waals surface area contributed by atoms with Gasteiger partial charge >= 0.3 is 5.97 Å². The van der Waals surface area contributed by atoms with Gasteiger partial charge in [-0.3, -0.25) is 9.69 Å². The molecule has 1 unspecified atom stereocenters. The maximum Gasteiger partial charge on any atom is 0.353 e. The van der Waals surface area contributed by atoms with E-state index in [1.807, 2.05) is 0 Å². The molecule has 1 atom stereocenters. The molecule has 0 saturated carbocycles. The van der Waals surface area contributed by atoms with Crippen molar-refractivity contribution in [3.63, 3.8) is 0 Å². The van der Waals surface area contributed by atoms with Crippen molar-refractivity contribution in [1.82, 2.24) is 10.2 Å². The molecular formula is C12H19N3O5. The van der Waals surface area contributed by atoms with Gasteiger partial charge in [0.25, 0.3) is 5.91 Å². The van der Waals surface area contributed by atoms with Crippen LogP contribution in [0.15, 0.2) is 5.16 Å².